The lowest BCUT2D eigenvalue weighted by Crippen LogP contribution is -2.50. The number of piperidine rings is 2. The van der Waals surface area contributed by atoms with Crippen LogP contribution in [0.2, 0.25) is 5.02 Å². The average molecular weight is 530 g/mol. The molecule has 2 saturated carbocycles. The number of anilines is 2. The minimum absolute atomic E-state index is 0.153. The van der Waals surface area contributed by atoms with Crippen LogP contribution >= 0.6 is 23.4 Å². The molecular weight excluding hydrogens is 494 g/mol. The van der Waals surface area contributed by atoms with Crippen LogP contribution in [0.4, 0.5) is 11.6 Å². The number of aliphatic hydroxyl groups is 1. The summed E-state index contributed by atoms with van der Waals surface area (Å²) in [6, 6.07) is 2.91. The first kappa shape index (κ1) is 24.7. The number of aromatic nitrogens is 3. The molecule has 2 saturated heterocycles. The van der Waals surface area contributed by atoms with Gasteiger partial charge in [-0.25, -0.2) is 15.0 Å². The highest BCUT2D eigenvalue weighted by molar-refractivity contribution is 7.99. The Kier molecular flexibility index (Phi) is 6.36. The molecule has 2 aliphatic carbocycles. The van der Waals surface area contributed by atoms with Gasteiger partial charge in [0.05, 0.1) is 17.8 Å². The lowest BCUT2D eigenvalue weighted by Gasteiger charge is -2.46. The highest BCUT2D eigenvalue weighted by Gasteiger charge is 2.61. The monoisotopic (exact) mass is 529 g/mol. The first-order valence-corrected chi connectivity index (χ1v) is 14.3. The standard InChI is InChI=1S/C26H36ClN7OS/c1-29-23-22(27)19(4-8-30-23)36-21-13-31-24(17(14-35)32-21)34-9-6-25(7-10-34)15-26(12-20(25)28)5-3-16-11-18(16)33(26)2/h4,8,13,16,18,20,35H,3,5-7,9-12,14-15,28H2,1-2H3,(H,29,30). The summed E-state index contributed by atoms with van der Waals surface area (Å²) in [5.74, 6) is 2.34. The predicted octanol–water partition coefficient (Wildman–Crippen LogP) is 3.77. The average Bonchev–Trinajstić information content (AvgIpc) is 3.63. The van der Waals surface area contributed by atoms with Gasteiger partial charge in [0.2, 0.25) is 0 Å². The molecule has 2 spiro atoms. The molecule has 2 aliphatic heterocycles. The second kappa shape index (κ2) is 9.27. The number of likely N-dealkylation sites (tertiary alicyclic amines) is 1. The molecule has 2 aromatic heterocycles. The fourth-order valence-corrected chi connectivity index (χ4v) is 8.39. The molecular formula is C26H36ClN7OS. The van der Waals surface area contributed by atoms with E-state index in [0.717, 1.165) is 55.0 Å². The molecule has 6 rings (SSSR count). The summed E-state index contributed by atoms with van der Waals surface area (Å²) < 4.78 is 0. The third-order valence-electron chi connectivity index (χ3n) is 9.49. The van der Waals surface area contributed by atoms with Crippen LogP contribution in [0.5, 0.6) is 0 Å². The number of hydrogen-bond donors (Lipinski definition) is 3. The molecule has 8 nitrogen and oxygen atoms in total. The third kappa shape index (κ3) is 4.07. The fraction of sp³-hybridized carbons (Fsp3) is 0.654. The molecule has 194 valence electrons. The van der Waals surface area contributed by atoms with Crippen molar-refractivity contribution in [3.63, 3.8) is 0 Å². The summed E-state index contributed by atoms with van der Waals surface area (Å²) >= 11 is 7.89. The van der Waals surface area contributed by atoms with Crippen LogP contribution < -0.4 is 16.0 Å². The van der Waals surface area contributed by atoms with E-state index in [4.69, 9.17) is 27.3 Å². The topological polar surface area (TPSA) is 103 Å². The van der Waals surface area contributed by atoms with Crippen molar-refractivity contribution >= 4 is 35.0 Å². The Labute approximate surface area is 222 Å². The van der Waals surface area contributed by atoms with Crippen LogP contribution in [0.15, 0.2) is 28.4 Å². The molecule has 0 amide bonds. The zero-order valence-corrected chi connectivity index (χ0v) is 22.7. The van der Waals surface area contributed by atoms with Gasteiger partial charge in [0, 0.05) is 48.9 Å². The number of nitrogens with one attached hydrogen (secondary N) is 1. The third-order valence-corrected chi connectivity index (χ3v) is 11.0. The number of nitrogens with two attached hydrogens (primary N) is 1. The summed E-state index contributed by atoms with van der Waals surface area (Å²) in [6.07, 6.45) is 12.1. The van der Waals surface area contributed by atoms with Gasteiger partial charge >= 0.3 is 0 Å². The summed E-state index contributed by atoms with van der Waals surface area (Å²) in [6.45, 7) is 1.64. The number of fused-ring (bicyclic) bond motifs is 1. The van der Waals surface area contributed by atoms with Crippen molar-refractivity contribution < 1.29 is 5.11 Å². The maximum atomic E-state index is 10.1. The van der Waals surface area contributed by atoms with Crippen molar-refractivity contribution in [2.45, 2.75) is 79.1 Å². The highest BCUT2D eigenvalue weighted by atomic mass is 35.5. The van der Waals surface area contributed by atoms with Crippen molar-refractivity contribution in [2.24, 2.45) is 17.1 Å². The molecule has 0 bridgehead atoms. The number of nitrogens with zero attached hydrogens (tertiary/aromatic N) is 5. The van der Waals surface area contributed by atoms with Gasteiger partial charge in [0.25, 0.3) is 0 Å². The van der Waals surface area contributed by atoms with Gasteiger partial charge in [0.1, 0.15) is 16.5 Å². The molecule has 0 radical (unpaired) electrons. The van der Waals surface area contributed by atoms with Gasteiger partial charge in [-0.05, 0) is 69.4 Å². The lowest BCUT2D eigenvalue weighted by atomic mass is 9.72. The van der Waals surface area contributed by atoms with E-state index in [1.54, 1.807) is 19.4 Å². The number of hydrogen-bond acceptors (Lipinski definition) is 9. The minimum atomic E-state index is -0.153. The molecule has 0 aromatic carbocycles. The predicted molar refractivity (Wildman–Crippen MR) is 144 cm³/mol. The van der Waals surface area contributed by atoms with E-state index in [1.807, 2.05) is 6.07 Å². The number of halogens is 1. The summed E-state index contributed by atoms with van der Waals surface area (Å²) in [4.78, 5) is 19.6. The van der Waals surface area contributed by atoms with Crippen LogP contribution in [-0.2, 0) is 6.61 Å². The van der Waals surface area contributed by atoms with E-state index in [1.165, 1.54) is 37.4 Å². The van der Waals surface area contributed by atoms with Gasteiger partial charge in [0.15, 0.2) is 5.82 Å². The largest absolute Gasteiger partial charge is 0.390 e. The second-order valence-electron chi connectivity index (χ2n) is 11.2. The fourth-order valence-electron chi connectivity index (χ4n) is 7.27. The van der Waals surface area contributed by atoms with Crippen molar-refractivity contribution in [1.29, 1.82) is 0 Å². The van der Waals surface area contributed by atoms with Gasteiger partial charge in [-0.3, -0.25) is 4.90 Å². The van der Waals surface area contributed by atoms with Gasteiger partial charge in [-0.15, -0.1) is 0 Å². The van der Waals surface area contributed by atoms with Crippen molar-refractivity contribution in [1.82, 2.24) is 19.9 Å². The van der Waals surface area contributed by atoms with E-state index in [0.29, 0.717) is 27.1 Å². The molecule has 36 heavy (non-hydrogen) atoms. The quantitative estimate of drug-likeness (QED) is 0.534. The van der Waals surface area contributed by atoms with Crippen LogP contribution in [0.3, 0.4) is 0 Å². The molecule has 2 aromatic rings. The highest BCUT2D eigenvalue weighted by Crippen LogP contribution is 2.59. The maximum absolute atomic E-state index is 10.1. The van der Waals surface area contributed by atoms with E-state index in [2.05, 4.69) is 27.1 Å². The van der Waals surface area contributed by atoms with Crippen molar-refractivity contribution in [2.75, 3.05) is 37.4 Å². The molecule has 4 N–H and O–H groups in total. The molecule has 4 heterocycles. The molecule has 10 heteroatoms. The molecule has 4 fully saturated rings. The Bertz CT molecular complexity index is 1140. The second-order valence-corrected chi connectivity index (χ2v) is 12.7. The molecule has 4 atom stereocenters. The normalized spacial score (nSPS) is 31.1. The van der Waals surface area contributed by atoms with Crippen molar-refractivity contribution in [3.8, 4) is 0 Å². The zero-order valence-electron chi connectivity index (χ0n) is 21.1. The Balaban J connectivity index is 1.16. The summed E-state index contributed by atoms with van der Waals surface area (Å²) in [7, 11) is 4.14. The van der Waals surface area contributed by atoms with E-state index >= 15 is 0 Å². The first-order valence-electron chi connectivity index (χ1n) is 13.1. The SMILES string of the molecule is CNc1nccc(Sc2cnc(N3CCC4(CC3)CC3(CCC5CC5N3C)CC4N)c(CO)n2)c1Cl. The first-order chi connectivity index (χ1) is 17.4. The smallest absolute Gasteiger partial charge is 0.152 e. The van der Waals surface area contributed by atoms with Gasteiger partial charge < -0.3 is 21.1 Å². The van der Waals surface area contributed by atoms with Crippen LogP contribution in [0.25, 0.3) is 0 Å². The Morgan fingerprint density at radius 1 is 1.28 bits per heavy atom. The lowest BCUT2D eigenvalue weighted by molar-refractivity contribution is 0.0527. The van der Waals surface area contributed by atoms with Crippen LogP contribution in [-0.4, -0.2) is 69.8 Å². The van der Waals surface area contributed by atoms with Crippen molar-refractivity contribution in [3.05, 3.63) is 29.2 Å². The Morgan fingerprint density at radius 2 is 2.08 bits per heavy atom. The maximum Gasteiger partial charge on any atom is 0.152 e. The van der Waals surface area contributed by atoms with Crippen LogP contribution in [0, 0.1) is 11.3 Å². The van der Waals surface area contributed by atoms with E-state index in [9.17, 15) is 5.11 Å². The van der Waals surface area contributed by atoms with Gasteiger partial charge in [-0.1, -0.05) is 23.4 Å². The summed E-state index contributed by atoms with van der Waals surface area (Å²) in [5.41, 5.74) is 8.02. The van der Waals surface area contributed by atoms with E-state index in [-0.39, 0.29) is 18.1 Å². The Hall–Kier alpha value is -1.65. The number of rotatable bonds is 5. The van der Waals surface area contributed by atoms with Crippen LogP contribution in [0.1, 0.15) is 50.6 Å². The Morgan fingerprint density at radius 3 is 2.83 bits per heavy atom. The summed E-state index contributed by atoms with van der Waals surface area (Å²) in [5, 5.41) is 14.4. The molecule has 4 aliphatic rings. The van der Waals surface area contributed by atoms with E-state index < -0.39 is 0 Å². The minimum Gasteiger partial charge on any atom is -0.390 e. The zero-order chi connectivity index (χ0) is 25.1. The number of aliphatic hydroxyl groups excluding tert-OH is 1. The van der Waals surface area contributed by atoms with Gasteiger partial charge in [-0.2, -0.15) is 0 Å². The molecule has 4 unspecified atom stereocenters. The number of pyridine rings is 1.